The Bertz CT molecular complexity index is 805. The average molecular weight is 523 g/mol. The van der Waals surface area contributed by atoms with E-state index in [0.29, 0.717) is 35.5 Å². The molecule has 1 aromatic carbocycles. The van der Waals surface area contributed by atoms with Crippen molar-refractivity contribution in [2.45, 2.75) is 26.6 Å². The van der Waals surface area contributed by atoms with E-state index in [2.05, 4.69) is 32.4 Å². The van der Waals surface area contributed by atoms with Crippen LogP contribution in [0.4, 0.5) is 8.78 Å². The number of ether oxygens (including phenoxy) is 3. The van der Waals surface area contributed by atoms with Gasteiger partial charge in [-0.15, -0.1) is 24.0 Å². The highest BCUT2D eigenvalue weighted by atomic mass is 127. The summed E-state index contributed by atoms with van der Waals surface area (Å²) < 4.78 is 42.5. The third kappa shape index (κ3) is 6.61. The number of hydrogen-bond acceptors (Lipinski definition) is 5. The molecule has 0 bridgehead atoms. The Labute approximate surface area is 184 Å². The van der Waals surface area contributed by atoms with Crippen molar-refractivity contribution in [2.24, 2.45) is 10.9 Å². The molecule has 29 heavy (non-hydrogen) atoms. The van der Waals surface area contributed by atoms with Gasteiger partial charge in [0.15, 0.2) is 17.5 Å². The lowest BCUT2D eigenvalue weighted by molar-refractivity contribution is -0.0505. The van der Waals surface area contributed by atoms with E-state index in [0.717, 1.165) is 6.54 Å². The van der Waals surface area contributed by atoms with Gasteiger partial charge >= 0.3 is 6.61 Å². The largest absolute Gasteiger partial charge is 0.454 e. The fourth-order valence-corrected chi connectivity index (χ4v) is 2.77. The van der Waals surface area contributed by atoms with E-state index < -0.39 is 6.61 Å². The molecule has 1 unspecified atom stereocenters. The summed E-state index contributed by atoms with van der Waals surface area (Å²) in [6.07, 6.45) is 3.65. The Morgan fingerprint density at radius 3 is 2.72 bits per heavy atom. The van der Waals surface area contributed by atoms with Crippen LogP contribution in [0.25, 0.3) is 0 Å². The molecule has 0 radical (unpaired) electrons. The smallest absolute Gasteiger partial charge is 0.387 e. The molecule has 3 rings (SSSR count). The van der Waals surface area contributed by atoms with Crippen LogP contribution in [-0.2, 0) is 13.1 Å². The molecule has 1 aliphatic heterocycles. The number of aromatic nitrogens is 2. The van der Waals surface area contributed by atoms with E-state index in [9.17, 15) is 8.78 Å². The first-order valence-corrected chi connectivity index (χ1v) is 8.84. The monoisotopic (exact) mass is 523 g/mol. The Morgan fingerprint density at radius 1 is 1.31 bits per heavy atom. The number of fused-ring (bicyclic) bond motifs is 1. The van der Waals surface area contributed by atoms with E-state index in [1.54, 1.807) is 19.3 Å². The maximum Gasteiger partial charge on any atom is 0.387 e. The molecule has 0 aliphatic carbocycles. The predicted octanol–water partition coefficient (Wildman–Crippen LogP) is 2.83. The number of rotatable bonds is 8. The second-order valence-corrected chi connectivity index (χ2v) is 6.33. The Hall–Kier alpha value is -2.31. The molecule has 0 amide bonds. The molecular weight excluding hydrogens is 499 g/mol. The van der Waals surface area contributed by atoms with Gasteiger partial charge in [-0.3, -0.25) is 9.67 Å². The SMILES string of the molecule is CN=C(NCc1cc2c(cc1OC(F)F)OCO2)NCC(C)Cn1cccn1.I. The molecule has 2 heterocycles. The number of halogens is 3. The molecular formula is C18H24F2IN5O3. The minimum Gasteiger partial charge on any atom is -0.454 e. The van der Waals surface area contributed by atoms with Crippen molar-refractivity contribution in [1.29, 1.82) is 0 Å². The van der Waals surface area contributed by atoms with Crippen molar-refractivity contribution in [1.82, 2.24) is 20.4 Å². The lowest BCUT2D eigenvalue weighted by Crippen LogP contribution is -2.39. The summed E-state index contributed by atoms with van der Waals surface area (Å²) >= 11 is 0. The van der Waals surface area contributed by atoms with E-state index in [1.807, 2.05) is 16.9 Å². The number of nitrogens with zero attached hydrogens (tertiary/aromatic N) is 3. The second kappa shape index (κ2) is 11.0. The van der Waals surface area contributed by atoms with Crippen LogP contribution in [0.5, 0.6) is 17.2 Å². The average Bonchev–Trinajstić information content (AvgIpc) is 3.32. The van der Waals surface area contributed by atoms with Gasteiger partial charge in [0, 0.05) is 50.7 Å². The highest BCUT2D eigenvalue weighted by Crippen LogP contribution is 2.38. The minimum atomic E-state index is -2.93. The standard InChI is InChI=1S/C18H23F2N5O3.HI/c1-12(10-25-5-3-4-24-25)8-22-18(21-2)23-9-13-6-15-16(27-11-26-15)7-14(13)28-17(19)20;/h3-7,12,17H,8-11H2,1-2H3,(H2,21,22,23);1H. The molecule has 1 aromatic heterocycles. The summed E-state index contributed by atoms with van der Waals surface area (Å²) in [6.45, 7) is 0.879. The van der Waals surface area contributed by atoms with Gasteiger partial charge in [0.1, 0.15) is 5.75 Å². The zero-order valence-electron chi connectivity index (χ0n) is 16.1. The summed E-state index contributed by atoms with van der Waals surface area (Å²) in [5.74, 6) is 1.77. The lowest BCUT2D eigenvalue weighted by Gasteiger charge is -2.17. The zero-order chi connectivity index (χ0) is 19.9. The first-order chi connectivity index (χ1) is 13.5. The third-order valence-corrected chi connectivity index (χ3v) is 4.12. The van der Waals surface area contributed by atoms with Gasteiger partial charge in [0.25, 0.3) is 0 Å². The maximum absolute atomic E-state index is 12.7. The molecule has 160 valence electrons. The van der Waals surface area contributed by atoms with Gasteiger partial charge in [0.2, 0.25) is 6.79 Å². The van der Waals surface area contributed by atoms with Crippen LogP contribution in [0.1, 0.15) is 12.5 Å². The van der Waals surface area contributed by atoms with Crippen LogP contribution in [0.2, 0.25) is 0 Å². The first kappa shape index (κ1) is 23.0. The molecule has 1 aliphatic rings. The maximum atomic E-state index is 12.7. The first-order valence-electron chi connectivity index (χ1n) is 8.84. The summed E-state index contributed by atoms with van der Waals surface area (Å²) in [5, 5.41) is 10.5. The van der Waals surface area contributed by atoms with E-state index in [1.165, 1.54) is 6.07 Å². The summed E-state index contributed by atoms with van der Waals surface area (Å²) in [4.78, 5) is 4.16. The van der Waals surface area contributed by atoms with Crippen LogP contribution in [0.3, 0.4) is 0 Å². The van der Waals surface area contributed by atoms with Gasteiger partial charge in [-0.25, -0.2) is 0 Å². The number of aliphatic imine (C=N–C) groups is 1. The van der Waals surface area contributed by atoms with E-state index >= 15 is 0 Å². The number of benzene rings is 1. The summed E-state index contributed by atoms with van der Waals surface area (Å²) in [5.41, 5.74) is 0.511. The van der Waals surface area contributed by atoms with Crippen molar-refractivity contribution in [3.05, 3.63) is 36.2 Å². The predicted molar refractivity (Wildman–Crippen MR) is 114 cm³/mol. The summed E-state index contributed by atoms with van der Waals surface area (Å²) in [6, 6.07) is 4.92. The normalized spacial score (nSPS) is 13.8. The van der Waals surface area contributed by atoms with Gasteiger partial charge in [-0.2, -0.15) is 13.9 Å². The highest BCUT2D eigenvalue weighted by molar-refractivity contribution is 14.0. The quantitative estimate of drug-likeness (QED) is 0.315. The summed E-state index contributed by atoms with van der Waals surface area (Å²) in [7, 11) is 1.64. The molecule has 0 spiro atoms. The fraction of sp³-hybridized carbons (Fsp3) is 0.444. The van der Waals surface area contributed by atoms with Crippen LogP contribution in [-0.4, -0.2) is 42.7 Å². The van der Waals surface area contributed by atoms with Crippen molar-refractivity contribution in [2.75, 3.05) is 20.4 Å². The topological polar surface area (TPSA) is 81.9 Å². The van der Waals surface area contributed by atoms with Gasteiger partial charge in [-0.1, -0.05) is 6.92 Å². The molecule has 0 fully saturated rings. The lowest BCUT2D eigenvalue weighted by atomic mass is 10.1. The van der Waals surface area contributed by atoms with Crippen molar-refractivity contribution in [3.8, 4) is 17.2 Å². The Morgan fingerprint density at radius 2 is 2.07 bits per heavy atom. The van der Waals surface area contributed by atoms with Crippen LogP contribution < -0.4 is 24.8 Å². The number of alkyl halides is 2. The molecule has 2 aromatic rings. The van der Waals surface area contributed by atoms with Crippen molar-refractivity contribution in [3.63, 3.8) is 0 Å². The van der Waals surface area contributed by atoms with Gasteiger partial charge < -0.3 is 24.8 Å². The van der Waals surface area contributed by atoms with Crippen molar-refractivity contribution >= 4 is 29.9 Å². The molecule has 11 heteroatoms. The Kier molecular flexibility index (Phi) is 8.73. The second-order valence-electron chi connectivity index (χ2n) is 6.33. The minimum absolute atomic E-state index is 0. The van der Waals surface area contributed by atoms with Crippen molar-refractivity contribution < 1.29 is 23.0 Å². The number of nitrogens with one attached hydrogen (secondary N) is 2. The highest BCUT2D eigenvalue weighted by Gasteiger charge is 2.20. The van der Waals surface area contributed by atoms with E-state index in [-0.39, 0.29) is 43.1 Å². The van der Waals surface area contributed by atoms with Gasteiger partial charge in [-0.05, 0) is 18.1 Å². The number of hydrogen-bond donors (Lipinski definition) is 2. The molecule has 0 saturated carbocycles. The molecule has 2 N–H and O–H groups in total. The van der Waals surface area contributed by atoms with Crippen LogP contribution >= 0.6 is 24.0 Å². The Balaban J connectivity index is 0.00000300. The van der Waals surface area contributed by atoms with E-state index in [4.69, 9.17) is 9.47 Å². The van der Waals surface area contributed by atoms with Gasteiger partial charge in [0.05, 0.1) is 0 Å². The molecule has 0 saturated heterocycles. The zero-order valence-corrected chi connectivity index (χ0v) is 18.4. The third-order valence-electron chi connectivity index (χ3n) is 4.12. The fourth-order valence-electron chi connectivity index (χ4n) is 2.77. The van der Waals surface area contributed by atoms with Crippen LogP contribution in [0.15, 0.2) is 35.6 Å². The number of guanidine groups is 1. The molecule has 8 nitrogen and oxygen atoms in total. The molecule has 1 atom stereocenters. The van der Waals surface area contributed by atoms with Crippen LogP contribution in [0, 0.1) is 5.92 Å².